The van der Waals surface area contributed by atoms with Gasteiger partial charge in [-0.3, -0.25) is 0 Å². The summed E-state index contributed by atoms with van der Waals surface area (Å²) in [4.78, 5) is 9.36. The van der Waals surface area contributed by atoms with E-state index < -0.39 is 0 Å². The molecule has 7 aromatic rings. The maximum absolute atomic E-state index is 4.74. The standard InChI is InChI=1S/C51H46N2.Ir/c1-35-29-39(12-11-38-13-15-42(16-14-38)49-31-36(2)37(3)34-53-49)32-45(30-35)48-10-6-5-9-47(48)41-17-19-43(20-18-41)50-33-44(25-28-52-50)40-21-23-46(24-22-40)51(4)26-7-8-27-51;/h5-6,9-10,13-15,17-19,21-25,28-34H,7-8,11-12,26-27H2,1-4H3;/q-2;. The minimum atomic E-state index is 0. The molecular weight excluding hydrogens is 833 g/mol. The van der Waals surface area contributed by atoms with Crippen LogP contribution < -0.4 is 0 Å². The molecule has 0 aliphatic heterocycles. The van der Waals surface area contributed by atoms with Crippen molar-refractivity contribution in [3.8, 4) is 55.9 Å². The van der Waals surface area contributed by atoms with E-state index in [-0.39, 0.29) is 20.1 Å². The van der Waals surface area contributed by atoms with Crippen LogP contribution in [-0.2, 0) is 38.4 Å². The van der Waals surface area contributed by atoms with Crippen molar-refractivity contribution in [1.29, 1.82) is 0 Å². The quantitative estimate of drug-likeness (QED) is 0.135. The summed E-state index contributed by atoms with van der Waals surface area (Å²) in [5.74, 6) is 0. The van der Waals surface area contributed by atoms with Crippen molar-refractivity contribution in [2.24, 2.45) is 0 Å². The van der Waals surface area contributed by atoms with Gasteiger partial charge in [-0.1, -0.05) is 127 Å². The van der Waals surface area contributed by atoms with Gasteiger partial charge < -0.3 is 9.97 Å². The molecule has 5 aromatic carbocycles. The molecule has 0 atom stereocenters. The molecule has 54 heavy (non-hydrogen) atoms. The van der Waals surface area contributed by atoms with Crippen LogP contribution in [0.3, 0.4) is 0 Å². The van der Waals surface area contributed by atoms with Crippen molar-refractivity contribution >= 4 is 0 Å². The average molecular weight is 879 g/mol. The Morgan fingerprint density at radius 1 is 0.574 bits per heavy atom. The van der Waals surface area contributed by atoms with Crippen LogP contribution in [0.5, 0.6) is 0 Å². The Bertz CT molecular complexity index is 2370. The van der Waals surface area contributed by atoms with Crippen LogP contribution in [0.2, 0.25) is 0 Å². The van der Waals surface area contributed by atoms with Gasteiger partial charge in [0.05, 0.1) is 0 Å². The van der Waals surface area contributed by atoms with Crippen molar-refractivity contribution in [3.05, 3.63) is 179 Å². The molecule has 8 rings (SSSR count). The molecule has 2 nitrogen and oxygen atoms in total. The molecule has 0 unspecified atom stereocenters. The van der Waals surface area contributed by atoms with Crippen LogP contribution in [0.15, 0.2) is 134 Å². The van der Waals surface area contributed by atoms with Crippen LogP contribution >= 0.6 is 0 Å². The molecule has 2 aromatic heterocycles. The summed E-state index contributed by atoms with van der Waals surface area (Å²) in [5, 5.41) is 0. The van der Waals surface area contributed by atoms with Crippen molar-refractivity contribution in [2.45, 2.75) is 71.6 Å². The summed E-state index contributed by atoms with van der Waals surface area (Å²) >= 11 is 0. The van der Waals surface area contributed by atoms with Gasteiger partial charge in [0.1, 0.15) is 0 Å². The van der Waals surface area contributed by atoms with E-state index in [1.807, 2.05) is 12.4 Å². The predicted octanol–water partition coefficient (Wildman–Crippen LogP) is 13.0. The average Bonchev–Trinajstić information content (AvgIpc) is 3.66. The monoisotopic (exact) mass is 879 g/mol. The third-order valence-corrected chi connectivity index (χ3v) is 11.4. The molecule has 1 saturated carbocycles. The number of benzene rings is 5. The number of rotatable bonds is 9. The van der Waals surface area contributed by atoms with Crippen molar-refractivity contribution < 1.29 is 20.1 Å². The van der Waals surface area contributed by atoms with E-state index in [1.165, 1.54) is 86.9 Å². The van der Waals surface area contributed by atoms with Gasteiger partial charge in [0.15, 0.2) is 0 Å². The minimum Gasteiger partial charge on any atom is -0.305 e. The summed E-state index contributed by atoms with van der Waals surface area (Å²) in [7, 11) is 0. The van der Waals surface area contributed by atoms with Crippen LogP contribution in [0.1, 0.15) is 66.0 Å². The Hall–Kier alpha value is -4.95. The van der Waals surface area contributed by atoms with E-state index in [0.29, 0.717) is 5.41 Å². The Morgan fingerprint density at radius 2 is 1.24 bits per heavy atom. The Morgan fingerprint density at radius 3 is 1.93 bits per heavy atom. The minimum absolute atomic E-state index is 0. The van der Waals surface area contributed by atoms with Crippen molar-refractivity contribution in [1.82, 2.24) is 9.97 Å². The first kappa shape index (κ1) is 37.4. The van der Waals surface area contributed by atoms with Crippen LogP contribution in [0.25, 0.3) is 55.9 Å². The summed E-state index contributed by atoms with van der Waals surface area (Å²) in [6.07, 6.45) is 11.0. The number of aryl methyl sites for hydroxylation is 5. The SMILES string of the molecule is Cc1cc(CCc2c[c-]c(-c3cc(C)c(C)cn3)cc2)cc(-c2ccccc2-c2c[c-]c(-c3cc(-c4ccc(C5(C)CCCC5)cc4)ccn3)cc2)c1.[Ir]. The summed E-state index contributed by atoms with van der Waals surface area (Å²) < 4.78 is 0. The maximum Gasteiger partial charge on any atom is 0.0192 e. The topological polar surface area (TPSA) is 25.8 Å². The first-order chi connectivity index (χ1) is 25.8. The third kappa shape index (κ3) is 8.09. The molecular formula is C51H46IrN2-2. The largest absolute Gasteiger partial charge is 0.305 e. The fourth-order valence-corrected chi connectivity index (χ4v) is 8.00. The van der Waals surface area contributed by atoms with Gasteiger partial charge in [0.2, 0.25) is 0 Å². The van der Waals surface area contributed by atoms with E-state index in [1.54, 1.807) is 0 Å². The molecule has 1 radical (unpaired) electrons. The first-order valence-electron chi connectivity index (χ1n) is 19.1. The number of hydrogen-bond acceptors (Lipinski definition) is 2. The van der Waals surface area contributed by atoms with Crippen LogP contribution in [0, 0.1) is 32.9 Å². The van der Waals surface area contributed by atoms with Gasteiger partial charge in [-0.25, -0.2) is 0 Å². The molecule has 2 heterocycles. The molecule has 3 heteroatoms. The van der Waals surface area contributed by atoms with Crippen molar-refractivity contribution in [3.63, 3.8) is 0 Å². The normalized spacial score (nSPS) is 13.4. The van der Waals surface area contributed by atoms with E-state index in [0.717, 1.165) is 40.9 Å². The number of aromatic nitrogens is 2. The number of hydrogen-bond donors (Lipinski definition) is 0. The van der Waals surface area contributed by atoms with E-state index in [4.69, 9.17) is 4.98 Å². The van der Waals surface area contributed by atoms with Crippen LogP contribution in [0.4, 0.5) is 0 Å². The third-order valence-electron chi connectivity index (χ3n) is 11.4. The maximum atomic E-state index is 4.74. The zero-order valence-electron chi connectivity index (χ0n) is 31.7. The predicted molar refractivity (Wildman–Crippen MR) is 221 cm³/mol. The van der Waals surface area contributed by atoms with Gasteiger partial charge in [0, 0.05) is 32.5 Å². The number of pyridine rings is 2. The molecule has 0 amide bonds. The summed E-state index contributed by atoms with van der Waals surface area (Å²) in [6, 6.07) is 51.4. The fraction of sp³-hybridized carbons (Fsp3) is 0.216. The van der Waals surface area contributed by atoms with Gasteiger partial charge >= 0.3 is 0 Å². The van der Waals surface area contributed by atoms with Gasteiger partial charge in [-0.2, -0.15) is 0 Å². The van der Waals surface area contributed by atoms with E-state index in [2.05, 4.69) is 166 Å². The van der Waals surface area contributed by atoms with Crippen molar-refractivity contribution in [2.75, 3.05) is 0 Å². The molecule has 0 saturated heterocycles. The second-order valence-electron chi connectivity index (χ2n) is 15.3. The van der Waals surface area contributed by atoms with E-state index in [9.17, 15) is 0 Å². The van der Waals surface area contributed by atoms with Gasteiger partial charge in [0.25, 0.3) is 0 Å². The molecule has 0 bridgehead atoms. The van der Waals surface area contributed by atoms with Crippen LogP contribution in [-0.4, -0.2) is 9.97 Å². The zero-order valence-corrected chi connectivity index (χ0v) is 34.1. The molecule has 271 valence electrons. The zero-order chi connectivity index (χ0) is 36.4. The smallest absolute Gasteiger partial charge is 0.0192 e. The molecule has 0 N–H and O–H groups in total. The number of nitrogens with zero attached hydrogens (tertiary/aromatic N) is 2. The molecule has 1 aliphatic carbocycles. The van der Waals surface area contributed by atoms with E-state index >= 15 is 0 Å². The second kappa shape index (κ2) is 16.2. The fourth-order valence-electron chi connectivity index (χ4n) is 8.00. The molecule has 0 spiro atoms. The summed E-state index contributed by atoms with van der Waals surface area (Å²) in [5.41, 5.74) is 19.3. The molecule has 1 aliphatic rings. The Balaban J connectivity index is 0.00000450. The summed E-state index contributed by atoms with van der Waals surface area (Å²) in [6.45, 7) is 8.84. The molecule has 1 fully saturated rings. The Kier molecular flexibility index (Phi) is 11.2. The van der Waals surface area contributed by atoms with Gasteiger partial charge in [-0.05, 0) is 102 Å². The second-order valence-corrected chi connectivity index (χ2v) is 15.3. The van der Waals surface area contributed by atoms with Gasteiger partial charge in [-0.15, -0.1) is 65.2 Å². The Labute approximate surface area is 335 Å². The first-order valence-corrected chi connectivity index (χ1v) is 19.1.